The van der Waals surface area contributed by atoms with E-state index in [1.807, 2.05) is 0 Å². The fourth-order valence-electron chi connectivity index (χ4n) is 3.29. The molecule has 3 aromatic rings. The van der Waals surface area contributed by atoms with Crippen LogP contribution in [0.1, 0.15) is 18.4 Å². The number of nitrogens with zero attached hydrogens (tertiary/aromatic N) is 2. The van der Waals surface area contributed by atoms with Gasteiger partial charge in [0.15, 0.2) is 11.6 Å². The van der Waals surface area contributed by atoms with Gasteiger partial charge in [-0.3, -0.25) is 5.32 Å². The summed E-state index contributed by atoms with van der Waals surface area (Å²) >= 11 is 11.9. The number of hydrogen-bond donors (Lipinski definition) is 3. The summed E-state index contributed by atoms with van der Waals surface area (Å²) in [6.45, 7) is -0.229. The Kier molecular flexibility index (Phi) is 9.92. The highest BCUT2D eigenvalue weighted by molar-refractivity contribution is 6.31. The van der Waals surface area contributed by atoms with Crippen LogP contribution in [0.3, 0.4) is 0 Å². The lowest BCUT2D eigenvalue weighted by Crippen LogP contribution is -2.46. The van der Waals surface area contributed by atoms with Crippen molar-refractivity contribution in [2.75, 3.05) is 25.6 Å². The van der Waals surface area contributed by atoms with Crippen molar-refractivity contribution in [3.63, 3.8) is 0 Å². The van der Waals surface area contributed by atoms with Crippen LogP contribution in [-0.4, -0.2) is 53.6 Å². The van der Waals surface area contributed by atoms with E-state index >= 15 is 0 Å². The molecule has 1 aromatic heterocycles. The van der Waals surface area contributed by atoms with Crippen molar-refractivity contribution in [2.45, 2.75) is 25.4 Å². The molecular weight excluding hydrogens is 514 g/mol. The second kappa shape index (κ2) is 13.1. The lowest BCUT2D eigenvalue weighted by atomic mass is 10.1. The van der Waals surface area contributed by atoms with Crippen LogP contribution in [0.25, 0.3) is 11.3 Å². The molecule has 1 atom stereocenters. The molecule has 0 unspecified atom stereocenters. The molecule has 0 bridgehead atoms. The molecule has 0 aliphatic carbocycles. The van der Waals surface area contributed by atoms with E-state index in [-0.39, 0.29) is 30.6 Å². The van der Waals surface area contributed by atoms with Crippen molar-refractivity contribution in [3.05, 3.63) is 70.0 Å². The normalized spacial score (nSPS) is 11.6. The lowest BCUT2D eigenvalue weighted by Gasteiger charge is -2.28. The van der Waals surface area contributed by atoms with Gasteiger partial charge in [-0.1, -0.05) is 52.6 Å². The molecular formula is C24H25Cl2FN4O5. The fraction of sp³-hybridized carbons (Fsp3) is 0.292. The number of ether oxygens (including phenoxy) is 1. The van der Waals surface area contributed by atoms with Crippen molar-refractivity contribution in [1.82, 2.24) is 15.4 Å². The number of carbonyl (C=O) groups excluding carboxylic acids is 2. The number of carbonyl (C=O) groups is 2. The molecule has 0 aliphatic rings. The Balaban J connectivity index is 1.54. The molecule has 0 radical (unpaired) electrons. The van der Waals surface area contributed by atoms with Gasteiger partial charge in [-0.15, -0.1) is 0 Å². The van der Waals surface area contributed by atoms with Gasteiger partial charge in [-0.05, 0) is 36.6 Å². The van der Waals surface area contributed by atoms with Crippen molar-refractivity contribution in [3.8, 4) is 11.3 Å². The SMILES string of the molecule is CN(C(=O)NCc1cccc(F)c1Cl)[C@@H](CCCO)COC(=O)Nc1cc(-c2cccc(Cl)c2)on1. The zero-order valence-corrected chi connectivity index (χ0v) is 20.9. The smallest absolute Gasteiger partial charge is 0.412 e. The van der Waals surface area contributed by atoms with Crippen molar-refractivity contribution in [2.24, 2.45) is 0 Å². The van der Waals surface area contributed by atoms with Gasteiger partial charge in [0.2, 0.25) is 0 Å². The van der Waals surface area contributed by atoms with Crippen LogP contribution in [-0.2, 0) is 11.3 Å². The molecule has 12 heteroatoms. The second-order valence-electron chi connectivity index (χ2n) is 7.81. The first kappa shape index (κ1) is 27.3. The van der Waals surface area contributed by atoms with Crippen LogP contribution in [0.4, 0.5) is 19.8 Å². The average molecular weight is 539 g/mol. The summed E-state index contributed by atoms with van der Waals surface area (Å²) in [7, 11) is 1.53. The van der Waals surface area contributed by atoms with Gasteiger partial charge in [0, 0.05) is 36.9 Å². The van der Waals surface area contributed by atoms with E-state index in [2.05, 4.69) is 15.8 Å². The van der Waals surface area contributed by atoms with E-state index in [4.69, 9.17) is 32.5 Å². The molecule has 1 heterocycles. The number of aliphatic hydroxyl groups is 1. The third kappa shape index (κ3) is 7.58. The van der Waals surface area contributed by atoms with Crippen LogP contribution in [0.5, 0.6) is 0 Å². The summed E-state index contributed by atoms with van der Waals surface area (Å²) < 4.78 is 24.1. The van der Waals surface area contributed by atoms with E-state index in [1.54, 1.807) is 30.3 Å². The minimum Gasteiger partial charge on any atom is -0.447 e. The largest absolute Gasteiger partial charge is 0.447 e. The fourth-order valence-corrected chi connectivity index (χ4v) is 3.67. The summed E-state index contributed by atoms with van der Waals surface area (Å²) in [5.41, 5.74) is 1.11. The Morgan fingerprint density at radius 2 is 2.00 bits per heavy atom. The molecule has 0 saturated carbocycles. The summed E-state index contributed by atoms with van der Waals surface area (Å²) in [4.78, 5) is 26.3. The third-order valence-corrected chi connectivity index (χ3v) is 5.94. The van der Waals surface area contributed by atoms with Crippen molar-refractivity contribution >= 4 is 41.1 Å². The number of urea groups is 1. The van der Waals surface area contributed by atoms with Crippen LogP contribution in [0.2, 0.25) is 10.0 Å². The first-order chi connectivity index (χ1) is 17.3. The van der Waals surface area contributed by atoms with E-state index in [0.29, 0.717) is 34.8 Å². The first-order valence-electron chi connectivity index (χ1n) is 11.0. The molecule has 9 nitrogen and oxygen atoms in total. The lowest BCUT2D eigenvalue weighted by molar-refractivity contribution is 0.110. The highest BCUT2D eigenvalue weighted by atomic mass is 35.5. The van der Waals surface area contributed by atoms with E-state index in [9.17, 15) is 19.1 Å². The van der Waals surface area contributed by atoms with Crippen LogP contribution >= 0.6 is 23.2 Å². The van der Waals surface area contributed by atoms with Gasteiger partial charge in [0.1, 0.15) is 12.4 Å². The third-order valence-electron chi connectivity index (χ3n) is 5.28. The minimum absolute atomic E-state index is 0.00888. The second-order valence-corrected chi connectivity index (χ2v) is 8.63. The topological polar surface area (TPSA) is 117 Å². The molecule has 0 aliphatic heterocycles. The van der Waals surface area contributed by atoms with Gasteiger partial charge in [-0.25, -0.2) is 14.0 Å². The number of anilines is 1. The minimum atomic E-state index is -0.796. The van der Waals surface area contributed by atoms with Crippen LogP contribution < -0.4 is 10.6 Å². The Labute approximate surface area is 217 Å². The highest BCUT2D eigenvalue weighted by Gasteiger charge is 2.22. The van der Waals surface area contributed by atoms with Crippen LogP contribution in [0.15, 0.2) is 53.1 Å². The number of aliphatic hydroxyl groups excluding tert-OH is 1. The number of likely N-dealkylation sites (N-methyl/N-ethyl adjacent to an activating group) is 1. The maximum absolute atomic E-state index is 13.6. The number of nitrogens with one attached hydrogen (secondary N) is 2. The molecule has 0 fully saturated rings. The van der Waals surface area contributed by atoms with Gasteiger partial charge >= 0.3 is 12.1 Å². The zero-order valence-electron chi connectivity index (χ0n) is 19.3. The van der Waals surface area contributed by atoms with Gasteiger partial charge < -0.3 is 24.6 Å². The number of amides is 3. The van der Waals surface area contributed by atoms with Gasteiger partial charge in [0.05, 0.1) is 11.1 Å². The standard InChI is InChI=1S/C24H25Cl2FN4O5/c1-31(23(33)28-13-16-6-3-9-19(27)22(16)26)18(8-4-10-32)14-35-24(34)29-21-12-20(36-30-21)15-5-2-7-17(25)11-15/h2-3,5-7,9,11-12,18,32H,4,8,10,13-14H2,1H3,(H,28,33)(H,29,30,34)/t18-/m0/s1. The predicted octanol–water partition coefficient (Wildman–Crippen LogP) is 5.32. The van der Waals surface area contributed by atoms with E-state index in [1.165, 1.54) is 30.1 Å². The predicted molar refractivity (Wildman–Crippen MR) is 133 cm³/mol. The number of aromatic nitrogens is 1. The first-order valence-corrected chi connectivity index (χ1v) is 11.7. The molecule has 3 N–H and O–H groups in total. The van der Waals surface area contributed by atoms with Gasteiger partial charge in [0.25, 0.3) is 0 Å². The molecule has 0 saturated heterocycles. The average Bonchev–Trinajstić information content (AvgIpc) is 3.33. The maximum atomic E-state index is 13.6. The molecule has 0 spiro atoms. The summed E-state index contributed by atoms with van der Waals surface area (Å²) in [6, 6.07) is 11.8. The number of halogens is 3. The summed E-state index contributed by atoms with van der Waals surface area (Å²) in [6.07, 6.45) is -0.0395. The number of hydrogen-bond acceptors (Lipinski definition) is 6. The molecule has 3 rings (SSSR count). The van der Waals surface area contributed by atoms with E-state index in [0.717, 1.165) is 0 Å². The number of benzene rings is 2. The molecule has 3 amide bonds. The number of rotatable bonds is 10. The monoisotopic (exact) mass is 538 g/mol. The summed E-state index contributed by atoms with van der Waals surface area (Å²) in [5.74, 6) is -0.0350. The molecule has 192 valence electrons. The maximum Gasteiger partial charge on any atom is 0.412 e. The zero-order chi connectivity index (χ0) is 26.1. The van der Waals surface area contributed by atoms with E-state index < -0.39 is 24.0 Å². The van der Waals surface area contributed by atoms with Gasteiger partial charge in [-0.2, -0.15) is 0 Å². The van der Waals surface area contributed by atoms with Crippen LogP contribution in [0, 0.1) is 5.82 Å². The van der Waals surface area contributed by atoms with Crippen molar-refractivity contribution in [1.29, 1.82) is 0 Å². The summed E-state index contributed by atoms with van der Waals surface area (Å²) in [5, 5.41) is 18.6. The quantitative estimate of drug-likeness (QED) is 0.321. The highest BCUT2D eigenvalue weighted by Crippen LogP contribution is 2.25. The van der Waals surface area contributed by atoms with Crippen molar-refractivity contribution < 1.29 is 28.3 Å². The Bertz CT molecular complexity index is 1190. The Morgan fingerprint density at radius 3 is 2.75 bits per heavy atom. The molecule has 36 heavy (non-hydrogen) atoms. The molecule has 2 aromatic carbocycles. The Hall–Kier alpha value is -3.34. The Morgan fingerprint density at radius 1 is 1.22 bits per heavy atom.